The third-order valence-corrected chi connectivity index (χ3v) is 3.54. The minimum absolute atomic E-state index is 0.162. The first-order chi connectivity index (χ1) is 10.6. The van der Waals surface area contributed by atoms with Crippen LogP contribution < -0.4 is 5.32 Å². The summed E-state index contributed by atoms with van der Waals surface area (Å²) in [5.41, 5.74) is 3.16. The van der Waals surface area contributed by atoms with Crippen LogP contribution in [-0.4, -0.2) is 19.1 Å². The van der Waals surface area contributed by atoms with E-state index in [1.165, 1.54) is 5.56 Å². The molecular formula is C18H18BrNO2. The molecule has 2 aromatic carbocycles. The molecule has 0 bridgehead atoms. The molecule has 0 spiro atoms. The predicted molar refractivity (Wildman–Crippen MR) is 93.8 cm³/mol. The zero-order valence-electron chi connectivity index (χ0n) is 12.4. The highest BCUT2D eigenvalue weighted by atomic mass is 79.9. The van der Waals surface area contributed by atoms with E-state index < -0.39 is 0 Å². The number of rotatable bonds is 6. The van der Waals surface area contributed by atoms with Crippen LogP contribution in [-0.2, 0) is 9.53 Å². The zero-order chi connectivity index (χ0) is 15.8. The molecule has 0 heterocycles. The third-order valence-electron chi connectivity index (χ3n) is 3.01. The van der Waals surface area contributed by atoms with E-state index in [4.69, 9.17) is 4.74 Å². The number of hydrogen-bond donors (Lipinski definition) is 1. The fourth-order valence-corrected chi connectivity index (χ4v) is 2.06. The smallest absolute Gasteiger partial charge is 0.325 e. The van der Waals surface area contributed by atoms with Crippen LogP contribution in [0.1, 0.15) is 11.1 Å². The summed E-state index contributed by atoms with van der Waals surface area (Å²) in [5, 5.41) is 3.03. The molecule has 0 saturated heterocycles. The number of halogens is 1. The summed E-state index contributed by atoms with van der Waals surface area (Å²) in [6.07, 6.45) is 3.75. The van der Waals surface area contributed by atoms with Gasteiger partial charge in [-0.1, -0.05) is 51.8 Å². The second kappa shape index (κ2) is 8.39. The molecule has 114 valence electrons. The number of anilines is 1. The molecule has 2 aromatic rings. The maximum atomic E-state index is 11.6. The van der Waals surface area contributed by atoms with Crippen LogP contribution in [0.4, 0.5) is 5.69 Å². The SMILES string of the molecule is Cc1ccc(NCC(=O)OC/C=C/c2ccc(Br)cc2)cc1. The summed E-state index contributed by atoms with van der Waals surface area (Å²) >= 11 is 3.39. The largest absolute Gasteiger partial charge is 0.460 e. The topological polar surface area (TPSA) is 38.3 Å². The molecule has 0 aliphatic heterocycles. The van der Waals surface area contributed by atoms with E-state index in [1.54, 1.807) is 0 Å². The molecule has 0 unspecified atom stereocenters. The van der Waals surface area contributed by atoms with Crippen molar-refractivity contribution in [1.82, 2.24) is 0 Å². The lowest BCUT2D eigenvalue weighted by atomic mass is 10.2. The van der Waals surface area contributed by atoms with Gasteiger partial charge in [0.05, 0.1) is 0 Å². The molecule has 0 aromatic heterocycles. The number of carbonyl (C=O) groups excluding carboxylic acids is 1. The average molecular weight is 360 g/mol. The Hall–Kier alpha value is -2.07. The van der Waals surface area contributed by atoms with Crippen LogP contribution in [0, 0.1) is 6.92 Å². The van der Waals surface area contributed by atoms with Crippen molar-refractivity contribution in [1.29, 1.82) is 0 Å². The van der Waals surface area contributed by atoms with Crippen molar-refractivity contribution in [2.24, 2.45) is 0 Å². The van der Waals surface area contributed by atoms with Crippen molar-refractivity contribution in [3.05, 3.63) is 70.2 Å². The summed E-state index contributed by atoms with van der Waals surface area (Å²) < 4.78 is 6.18. The maximum absolute atomic E-state index is 11.6. The van der Waals surface area contributed by atoms with Crippen molar-refractivity contribution in [2.75, 3.05) is 18.5 Å². The van der Waals surface area contributed by atoms with Crippen LogP contribution in [0.5, 0.6) is 0 Å². The van der Waals surface area contributed by atoms with Gasteiger partial charge in [0.25, 0.3) is 0 Å². The summed E-state index contributed by atoms with van der Waals surface area (Å²) in [5.74, 6) is -0.277. The second-order valence-corrected chi connectivity index (χ2v) is 5.77. The van der Waals surface area contributed by atoms with Crippen LogP contribution in [0.15, 0.2) is 59.1 Å². The van der Waals surface area contributed by atoms with Gasteiger partial charge in [0.15, 0.2) is 0 Å². The lowest BCUT2D eigenvalue weighted by Crippen LogP contribution is -2.16. The van der Waals surface area contributed by atoms with Crippen LogP contribution in [0.3, 0.4) is 0 Å². The summed E-state index contributed by atoms with van der Waals surface area (Å²) in [6.45, 7) is 2.45. The Morgan fingerprint density at radius 3 is 2.50 bits per heavy atom. The van der Waals surface area contributed by atoms with E-state index in [0.717, 1.165) is 15.7 Å². The standard InChI is InChI=1S/C18H18BrNO2/c1-14-4-10-17(11-5-14)20-13-18(21)22-12-2-3-15-6-8-16(19)9-7-15/h2-11,20H,12-13H2,1H3/b3-2+. The molecule has 0 saturated carbocycles. The lowest BCUT2D eigenvalue weighted by molar-refractivity contribution is -0.140. The molecule has 1 N–H and O–H groups in total. The monoisotopic (exact) mass is 359 g/mol. The molecule has 0 aliphatic carbocycles. The average Bonchev–Trinajstić information content (AvgIpc) is 2.53. The van der Waals surface area contributed by atoms with Crippen LogP contribution >= 0.6 is 15.9 Å². The molecule has 0 fully saturated rings. The van der Waals surface area contributed by atoms with Gasteiger partial charge in [-0.05, 0) is 42.8 Å². The fourth-order valence-electron chi connectivity index (χ4n) is 1.80. The first-order valence-electron chi connectivity index (χ1n) is 7.02. The Kier molecular flexibility index (Phi) is 6.22. The van der Waals surface area contributed by atoms with E-state index in [1.807, 2.05) is 67.6 Å². The fraction of sp³-hybridized carbons (Fsp3) is 0.167. The van der Waals surface area contributed by atoms with Crippen molar-refractivity contribution in [3.8, 4) is 0 Å². The number of esters is 1. The van der Waals surface area contributed by atoms with Gasteiger partial charge in [-0.2, -0.15) is 0 Å². The summed E-state index contributed by atoms with van der Waals surface area (Å²) in [7, 11) is 0. The van der Waals surface area contributed by atoms with Gasteiger partial charge >= 0.3 is 5.97 Å². The maximum Gasteiger partial charge on any atom is 0.325 e. The van der Waals surface area contributed by atoms with Gasteiger partial charge < -0.3 is 10.1 Å². The number of benzene rings is 2. The molecule has 2 rings (SSSR count). The Morgan fingerprint density at radius 2 is 1.82 bits per heavy atom. The first kappa shape index (κ1) is 16.3. The van der Waals surface area contributed by atoms with Gasteiger partial charge in [-0.15, -0.1) is 0 Å². The Bertz CT molecular complexity index is 633. The van der Waals surface area contributed by atoms with Gasteiger partial charge in [-0.3, -0.25) is 4.79 Å². The minimum atomic E-state index is -0.277. The summed E-state index contributed by atoms with van der Waals surface area (Å²) in [4.78, 5) is 11.6. The Labute approximate surface area is 139 Å². The van der Waals surface area contributed by atoms with Gasteiger partial charge in [0, 0.05) is 10.2 Å². The number of aryl methyl sites for hydroxylation is 1. The number of nitrogens with one attached hydrogen (secondary N) is 1. The van der Waals surface area contributed by atoms with E-state index in [0.29, 0.717) is 0 Å². The van der Waals surface area contributed by atoms with Crippen LogP contribution in [0.25, 0.3) is 6.08 Å². The first-order valence-corrected chi connectivity index (χ1v) is 7.81. The zero-order valence-corrected chi connectivity index (χ0v) is 14.0. The molecule has 3 nitrogen and oxygen atoms in total. The normalized spacial score (nSPS) is 10.6. The molecular weight excluding hydrogens is 342 g/mol. The van der Waals surface area contributed by atoms with Gasteiger partial charge in [0.1, 0.15) is 13.2 Å². The highest BCUT2D eigenvalue weighted by Gasteiger charge is 2.01. The molecule has 4 heteroatoms. The van der Waals surface area contributed by atoms with Gasteiger partial charge in [-0.25, -0.2) is 0 Å². The predicted octanol–water partition coefficient (Wildman–Crippen LogP) is 4.43. The number of hydrogen-bond acceptors (Lipinski definition) is 3. The van der Waals surface area contributed by atoms with Crippen molar-refractivity contribution < 1.29 is 9.53 Å². The molecule has 22 heavy (non-hydrogen) atoms. The number of ether oxygens (including phenoxy) is 1. The highest BCUT2D eigenvalue weighted by Crippen LogP contribution is 2.11. The van der Waals surface area contributed by atoms with E-state index in [2.05, 4.69) is 21.2 Å². The van der Waals surface area contributed by atoms with E-state index in [9.17, 15) is 4.79 Å². The van der Waals surface area contributed by atoms with Gasteiger partial charge in [0.2, 0.25) is 0 Å². The Morgan fingerprint density at radius 1 is 1.14 bits per heavy atom. The van der Waals surface area contributed by atoms with E-state index >= 15 is 0 Å². The van der Waals surface area contributed by atoms with Crippen molar-refractivity contribution in [3.63, 3.8) is 0 Å². The molecule has 0 radical (unpaired) electrons. The molecule has 0 atom stereocenters. The van der Waals surface area contributed by atoms with Crippen LogP contribution in [0.2, 0.25) is 0 Å². The second-order valence-electron chi connectivity index (χ2n) is 4.86. The third kappa shape index (κ3) is 5.74. The molecule has 0 amide bonds. The molecule has 0 aliphatic rings. The van der Waals surface area contributed by atoms with Crippen molar-refractivity contribution >= 4 is 33.7 Å². The van der Waals surface area contributed by atoms with E-state index in [-0.39, 0.29) is 19.1 Å². The minimum Gasteiger partial charge on any atom is -0.460 e. The van der Waals surface area contributed by atoms with Crippen molar-refractivity contribution in [2.45, 2.75) is 6.92 Å². The lowest BCUT2D eigenvalue weighted by Gasteiger charge is -2.06. The Balaban J connectivity index is 1.69. The summed E-state index contributed by atoms with van der Waals surface area (Å²) in [6, 6.07) is 15.8. The quantitative estimate of drug-likeness (QED) is 0.775. The number of carbonyl (C=O) groups is 1. The highest BCUT2D eigenvalue weighted by molar-refractivity contribution is 9.10.